The summed E-state index contributed by atoms with van der Waals surface area (Å²) in [5, 5.41) is 2.98. The van der Waals surface area contributed by atoms with Gasteiger partial charge in [0.05, 0.1) is 18.7 Å². The second kappa shape index (κ2) is 6.24. The van der Waals surface area contributed by atoms with E-state index in [0.717, 1.165) is 11.3 Å². The number of rotatable bonds is 4. The van der Waals surface area contributed by atoms with Crippen molar-refractivity contribution in [1.29, 1.82) is 0 Å². The maximum atomic E-state index is 12.3. The van der Waals surface area contributed by atoms with E-state index in [2.05, 4.69) is 5.32 Å². The number of hydrogen-bond donors (Lipinski definition) is 2. The van der Waals surface area contributed by atoms with Gasteiger partial charge < -0.3 is 20.5 Å². The van der Waals surface area contributed by atoms with Crippen molar-refractivity contribution in [2.75, 3.05) is 20.3 Å². The molecule has 1 saturated heterocycles. The molecule has 110 valence electrons. The van der Waals surface area contributed by atoms with Crippen molar-refractivity contribution in [1.82, 2.24) is 5.32 Å². The lowest BCUT2D eigenvalue weighted by Crippen LogP contribution is -2.57. The summed E-state index contributed by atoms with van der Waals surface area (Å²) in [6.07, 6.45) is 1.12. The summed E-state index contributed by atoms with van der Waals surface area (Å²) in [5.74, 6) is 0.660. The van der Waals surface area contributed by atoms with Crippen LogP contribution < -0.4 is 15.8 Å². The number of benzene rings is 1. The van der Waals surface area contributed by atoms with Crippen LogP contribution in [0, 0.1) is 0 Å². The van der Waals surface area contributed by atoms with Crippen molar-refractivity contribution in [3.8, 4) is 5.75 Å². The van der Waals surface area contributed by atoms with Crippen LogP contribution in [0.25, 0.3) is 0 Å². The molecular weight excluding hydrogens is 256 g/mol. The van der Waals surface area contributed by atoms with Crippen LogP contribution in [-0.2, 0) is 9.53 Å². The van der Waals surface area contributed by atoms with Gasteiger partial charge in [0.1, 0.15) is 5.75 Å². The number of carbonyl (C=O) groups is 1. The molecule has 1 heterocycles. The second-order valence-corrected chi connectivity index (χ2v) is 5.24. The van der Waals surface area contributed by atoms with Gasteiger partial charge in [-0.25, -0.2) is 0 Å². The molecule has 0 spiro atoms. The fourth-order valence-electron chi connectivity index (χ4n) is 2.30. The first-order valence-electron chi connectivity index (χ1n) is 6.87. The molecule has 1 aromatic rings. The first-order chi connectivity index (χ1) is 9.55. The molecule has 0 aliphatic carbocycles. The second-order valence-electron chi connectivity index (χ2n) is 5.24. The highest BCUT2D eigenvalue weighted by atomic mass is 16.5. The normalized spacial score (nSPS) is 19.1. The summed E-state index contributed by atoms with van der Waals surface area (Å²) in [6, 6.07) is 7.55. The van der Waals surface area contributed by atoms with Crippen molar-refractivity contribution in [2.45, 2.75) is 31.3 Å². The molecular formula is C15H22N2O3. The zero-order chi connectivity index (χ0) is 14.6. The highest BCUT2D eigenvalue weighted by Gasteiger charge is 2.36. The van der Waals surface area contributed by atoms with Gasteiger partial charge in [-0.3, -0.25) is 4.79 Å². The topological polar surface area (TPSA) is 73.6 Å². The largest absolute Gasteiger partial charge is 0.497 e. The van der Waals surface area contributed by atoms with Crippen molar-refractivity contribution in [2.24, 2.45) is 5.73 Å². The number of methoxy groups -OCH3 is 1. The van der Waals surface area contributed by atoms with Crippen LogP contribution in [0.15, 0.2) is 24.3 Å². The molecule has 0 aromatic heterocycles. The van der Waals surface area contributed by atoms with Gasteiger partial charge >= 0.3 is 0 Å². The Morgan fingerprint density at radius 2 is 2.15 bits per heavy atom. The number of ether oxygens (including phenoxy) is 2. The minimum atomic E-state index is -0.814. The van der Waals surface area contributed by atoms with Crippen LogP contribution in [0.2, 0.25) is 0 Å². The van der Waals surface area contributed by atoms with Gasteiger partial charge in [0.2, 0.25) is 5.91 Å². The van der Waals surface area contributed by atoms with E-state index in [-0.39, 0.29) is 11.9 Å². The average molecular weight is 278 g/mol. The summed E-state index contributed by atoms with van der Waals surface area (Å²) >= 11 is 0. The molecule has 5 heteroatoms. The van der Waals surface area contributed by atoms with Crippen LogP contribution in [0.4, 0.5) is 0 Å². The smallest absolute Gasteiger partial charge is 0.240 e. The third kappa shape index (κ3) is 3.29. The summed E-state index contributed by atoms with van der Waals surface area (Å²) in [5.41, 5.74) is 6.35. The molecule has 2 rings (SSSR count). The Bertz CT molecular complexity index is 470. The standard InChI is InChI=1S/C15H22N2O3/c1-11(12-4-3-5-13(10-12)19-2)17-14(18)15(16)6-8-20-9-7-15/h3-5,10-11H,6-9,16H2,1-2H3,(H,17,18)/t11-/m1/s1. The van der Waals surface area contributed by atoms with E-state index in [9.17, 15) is 4.79 Å². The minimum Gasteiger partial charge on any atom is -0.497 e. The van der Waals surface area contributed by atoms with Crippen LogP contribution in [0.3, 0.4) is 0 Å². The fraction of sp³-hybridized carbons (Fsp3) is 0.533. The summed E-state index contributed by atoms with van der Waals surface area (Å²) in [6.45, 7) is 3.02. The zero-order valence-corrected chi connectivity index (χ0v) is 12.0. The Morgan fingerprint density at radius 3 is 2.80 bits per heavy atom. The molecule has 0 radical (unpaired) electrons. The monoisotopic (exact) mass is 278 g/mol. The Morgan fingerprint density at radius 1 is 1.45 bits per heavy atom. The van der Waals surface area contributed by atoms with Crippen LogP contribution in [0.1, 0.15) is 31.4 Å². The highest BCUT2D eigenvalue weighted by molar-refractivity contribution is 5.86. The predicted octanol–water partition coefficient (Wildman–Crippen LogP) is 1.38. The number of carbonyl (C=O) groups excluding carboxylic acids is 1. The molecule has 20 heavy (non-hydrogen) atoms. The molecule has 0 unspecified atom stereocenters. The number of hydrogen-bond acceptors (Lipinski definition) is 4. The van der Waals surface area contributed by atoms with E-state index in [1.54, 1.807) is 7.11 Å². The predicted molar refractivity (Wildman–Crippen MR) is 76.5 cm³/mol. The van der Waals surface area contributed by atoms with Gasteiger partial charge in [0.25, 0.3) is 0 Å². The van der Waals surface area contributed by atoms with Gasteiger partial charge in [0, 0.05) is 13.2 Å². The van der Waals surface area contributed by atoms with Gasteiger partial charge in [-0.1, -0.05) is 12.1 Å². The average Bonchev–Trinajstić information content (AvgIpc) is 2.48. The lowest BCUT2D eigenvalue weighted by Gasteiger charge is -2.33. The Labute approximate surface area is 119 Å². The Balaban J connectivity index is 2.02. The molecule has 0 bridgehead atoms. The molecule has 1 fully saturated rings. The summed E-state index contributed by atoms with van der Waals surface area (Å²) in [7, 11) is 1.62. The van der Waals surface area contributed by atoms with Gasteiger partial charge in [-0.05, 0) is 37.5 Å². The number of nitrogens with one attached hydrogen (secondary N) is 1. The molecule has 1 amide bonds. The summed E-state index contributed by atoms with van der Waals surface area (Å²) in [4.78, 5) is 12.3. The molecule has 5 nitrogen and oxygen atoms in total. The van der Waals surface area contributed by atoms with Gasteiger partial charge in [-0.15, -0.1) is 0 Å². The van der Waals surface area contributed by atoms with Crippen molar-refractivity contribution < 1.29 is 14.3 Å². The van der Waals surface area contributed by atoms with E-state index in [0.29, 0.717) is 26.1 Å². The molecule has 0 saturated carbocycles. The minimum absolute atomic E-state index is 0.110. The Hall–Kier alpha value is -1.59. The lowest BCUT2D eigenvalue weighted by atomic mass is 9.90. The van der Waals surface area contributed by atoms with Crippen LogP contribution >= 0.6 is 0 Å². The third-order valence-corrected chi connectivity index (χ3v) is 3.78. The first kappa shape index (κ1) is 14.8. The summed E-state index contributed by atoms with van der Waals surface area (Å²) < 4.78 is 10.5. The number of nitrogens with two attached hydrogens (primary N) is 1. The molecule has 1 aromatic carbocycles. The SMILES string of the molecule is COc1cccc([C@@H](C)NC(=O)C2(N)CCOCC2)c1. The van der Waals surface area contributed by atoms with Crippen LogP contribution in [0.5, 0.6) is 5.75 Å². The maximum Gasteiger partial charge on any atom is 0.240 e. The number of amides is 1. The van der Waals surface area contributed by atoms with Crippen molar-refractivity contribution in [3.05, 3.63) is 29.8 Å². The van der Waals surface area contributed by atoms with E-state index in [1.165, 1.54) is 0 Å². The van der Waals surface area contributed by atoms with Crippen molar-refractivity contribution in [3.63, 3.8) is 0 Å². The maximum absolute atomic E-state index is 12.3. The highest BCUT2D eigenvalue weighted by Crippen LogP contribution is 2.22. The molecule has 1 aliphatic heterocycles. The zero-order valence-electron chi connectivity index (χ0n) is 12.0. The molecule has 1 atom stereocenters. The van der Waals surface area contributed by atoms with E-state index < -0.39 is 5.54 Å². The van der Waals surface area contributed by atoms with E-state index in [1.807, 2.05) is 31.2 Å². The first-order valence-corrected chi connectivity index (χ1v) is 6.87. The lowest BCUT2D eigenvalue weighted by molar-refractivity contribution is -0.130. The third-order valence-electron chi connectivity index (χ3n) is 3.78. The molecule has 3 N–H and O–H groups in total. The molecule has 1 aliphatic rings. The fourth-order valence-corrected chi connectivity index (χ4v) is 2.30. The Kier molecular flexibility index (Phi) is 4.62. The van der Waals surface area contributed by atoms with E-state index >= 15 is 0 Å². The van der Waals surface area contributed by atoms with Crippen LogP contribution in [-0.4, -0.2) is 31.8 Å². The van der Waals surface area contributed by atoms with Gasteiger partial charge in [-0.2, -0.15) is 0 Å². The quantitative estimate of drug-likeness (QED) is 0.872. The van der Waals surface area contributed by atoms with Crippen molar-refractivity contribution >= 4 is 5.91 Å². The van der Waals surface area contributed by atoms with Gasteiger partial charge in [0.15, 0.2) is 0 Å². The van der Waals surface area contributed by atoms with E-state index in [4.69, 9.17) is 15.2 Å².